The zero-order valence-corrected chi connectivity index (χ0v) is 9.48. The van der Waals surface area contributed by atoms with Gasteiger partial charge in [0.2, 0.25) is 6.08 Å². The van der Waals surface area contributed by atoms with Gasteiger partial charge in [0, 0.05) is 17.5 Å². The lowest BCUT2D eigenvalue weighted by Crippen LogP contribution is -2.11. The highest BCUT2D eigenvalue weighted by atomic mass is 35.5. The minimum Gasteiger partial charge on any atom is -0.381 e. The molecule has 0 N–H and O–H groups in total. The molecule has 3 nitrogen and oxygen atoms in total. The third-order valence-corrected chi connectivity index (χ3v) is 3.07. The first-order valence-electron chi connectivity index (χ1n) is 5.21. The normalized spacial score (nSPS) is 21.4. The smallest absolute Gasteiger partial charge is 0.235 e. The summed E-state index contributed by atoms with van der Waals surface area (Å²) < 4.78 is 5.31. The number of ether oxygens (including phenoxy) is 1. The predicted octanol–water partition coefficient (Wildman–Crippen LogP) is 2.75. The van der Waals surface area contributed by atoms with Crippen molar-refractivity contribution in [2.24, 2.45) is 10.9 Å². The summed E-state index contributed by atoms with van der Waals surface area (Å²) in [6.07, 6.45) is 2.57. The van der Waals surface area contributed by atoms with E-state index in [0.29, 0.717) is 11.6 Å². The van der Waals surface area contributed by atoms with Crippen LogP contribution in [0.3, 0.4) is 0 Å². The van der Waals surface area contributed by atoms with Crippen LogP contribution in [0, 0.1) is 5.92 Å². The summed E-state index contributed by atoms with van der Waals surface area (Å²) in [4.78, 5) is 14.3. The second-order valence-electron chi connectivity index (χ2n) is 3.84. The molecule has 1 fully saturated rings. The monoisotopic (exact) mass is 237 g/mol. The molecular formula is C12H12ClNO2. The molecule has 1 heterocycles. The van der Waals surface area contributed by atoms with E-state index in [1.54, 1.807) is 18.2 Å². The molecule has 0 spiro atoms. The summed E-state index contributed by atoms with van der Waals surface area (Å²) in [7, 11) is 0. The van der Waals surface area contributed by atoms with Crippen LogP contribution in [-0.2, 0) is 9.53 Å². The van der Waals surface area contributed by atoms with Crippen LogP contribution in [-0.4, -0.2) is 19.3 Å². The van der Waals surface area contributed by atoms with Gasteiger partial charge in [-0.3, -0.25) is 0 Å². The lowest BCUT2D eigenvalue weighted by atomic mass is 9.93. The Balaban J connectivity index is 2.24. The molecule has 1 aliphatic heterocycles. The summed E-state index contributed by atoms with van der Waals surface area (Å²) in [5, 5.41) is 0.681. The molecule has 0 bridgehead atoms. The van der Waals surface area contributed by atoms with Crippen molar-refractivity contribution in [2.75, 3.05) is 13.2 Å². The number of nitrogens with zero attached hydrogens (tertiary/aromatic N) is 1. The molecule has 1 aliphatic rings. The Morgan fingerprint density at radius 2 is 2.19 bits per heavy atom. The molecule has 0 radical (unpaired) electrons. The maximum atomic E-state index is 10.5. The van der Waals surface area contributed by atoms with Crippen LogP contribution >= 0.6 is 11.6 Å². The van der Waals surface area contributed by atoms with E-state index < -0.39 is 0 Å². The topological polar surface area (TPSA) is 38.7 Å². The van der Waals surface area contributed by atoms with Crippen molar-refractivity contribution < 1.29 is 9.53 Å². The fraction of sp³-hybridized carbons (Fsp3) is 0.417. The summed E-state index contributed by atoms with van der Waals surface area (Å²) in [6, 6.07) is 7.25. The van der Waals surface area contributed by atoms with Crippen LogP contribution in [0.4, 0.5) is 0 Å². The average molecular weight is 238 g/mol. The van der Waals surface area contributed by atoms with Crippen molar-refractivity contribution in [3.8, 4) is 0 Å². The molecule has 2 rings (SSSR count). The molecule has 1 aromatic carbocycles. The summed E-state index contributed by atoms with van der Waals surface area (Å²) in [5.41, 5.74) is 0.989. The van der Waals surface area contributed by atoms with Crippen LogP contribution in [0.15, 0.2) is 29.3 Å². The van der Waals surface area contributed by atoms with Crippen molar-refractivity contribution in [1.29, 1.82) is 0 Å². The van der Waals surface area contributed by atoms with Gasteiger partial charge >= 0.3 is 0 Å². The second kappa shape index (κ2) is 5.26. The summed E-state index contributed by atoms with van der Waals surface area (Å²) in [6.45, 7) is 1.39. The number of hydrogen-bond acceptors (Lipinski definition) is 3. The van der Waals surface area contributed by atoms with E-state index in [1.807, 2.05) is 12.1 Å². The van der Waals surface area contributed by atoms with E-state index in [-0.39, 0.29) is 12.0 Å². The van der Waals surface area contributed by atoms with Crippen molar-refractivity contribution in [3.05, 3.63) is 34.9 Å². The zero-order chi connectivity index (χ0) is 11.4. The van der Waals surface area contributed by atoms with Crippen molar-refractivity contribution in [2.45, 2.75) is 12.5 Å². The van der Waals surface area contributed by atoms with E-state index in [1.165, 1.54) is 0 Å². The van der Waals surface area contributed by atoms with Gasteiger partial charge in [-0.25, -0.2) is 4.79 Å². The Hall–Kier alpha value is -1.15. The maximum absolute atomic E-state index is 10.5. The summed E-state index contributed by atoms with van der Waals surface area (Å²) in [5.74, 6) is 0.266. The molecule has 0 saturated carbocycles. The van der Waals surface area contributed by atoms with Crippen LogP contribution in [0.5, 0.6) is 0 Å². The number of carbonyl (C=O) groups excluding carboxylic acids is 1. The Kier molecular flexibility index (Phi) is 3.73. The van der Waals surface area contributed by atoms with E-state index in [0.717, 1.165) is 18.6 Å². The van der Waals surface area contributed by atoms with E-state index in [9.17, 15) is 4.79 Å². The van der Waals surface area contributed by atoms with Gasteiger partial charge in [-0.15, -0.1) is 0 Å². The first kappa shape index (κ1) is 11.3. The third kappa shape index (κ3) is 2.50. The van der Waals surface area contributed by atoms with Gasteiger partial charge < -0.3 is 4.74 Å². The molecule has 0 amide bonds. The fourth-order valence-electron chi connectivity index (χ4n) is 1.97. The maximum Gasteiger partial charge on any atom is 0.235 e. The summed E-state index contributed by atoms with van der Waals surface area (Å²) >= 11 is 5.82. The molecule has 2 unspecified atom stereocenters. The van der Waals surface area contributed by atoms with Gasteiger partial charge in [0.15, 0.2) is 0 Å². The van der Waals surface area contributed by atoms with Crippen molar-refractivity contribution in [1.82, 2.24) is 0 Å². The highest BCUT2D eigenvalue weighted by Gasteiger charge is 2.26. The van der Waals surface area contributed by atoms with Gasteiger partial charge in [0.1, 0.15) is 0 Å². The van der Waals surface area contributed by atoms with Gasteiger partial charge in [0.25, 0.3) is 0 Å². The molecule has 4 heteroatoms. The lowest BCUT2D eigenvalue weighted by molar-refractivity contribution is 0.181. The molecule has 0 aliphatic carbocycles. The number of halogens is 1. The fourth-order valence-corrected chi connectivity index (χ4v) is 2.10. The Bertz CT molecular complexity index is 392. The molecule has 2 atom stereocenters. The quantitative estimate of drug-likeness (QED) is 0.599. The molecule has 1 saturated heterocycles. The SMILES string of the molecule is O=C=NC(c1ccc(Cl)cc1)C1CCOC1. The van der Waals surface area contributed by atoms with Crippen LogP contribution in [0.25, 0.3) is 0 Å². The zero-order valence-electron chi connectivity index (χ0n) is 8.73. The Morgan fingerprint density at radius 1 is 1.44 bits per heavy atom. The predicted molar refractivity (Wildman–Crippen MR) is 61.2 cm³/mol. The average Bonchev–Trinajstić information content (AvgIpc) is 2.81. The number of benzene rings is 1. The Morgan fingerprint density at radius 3 is 2.75 bits per heavy atom. The minimum absolute atomic E-state index is 0.155. The Labute approximate surface area is 99.1 Å². The van der Waals surface area contributed by atoms with E-state index in [2.05, 4.69) is 4.99 Å². The molecule has 84 valence electrons. The van der Waals surface area contributed by atoms with Crippen LogP contribution in [0.2, 0.25) is 5.02 Å². The number of aliphatic imine (C=N–C) groups is 1. The van der Waals surface area contributed by atoms with Crippen molar-refractivity contribution >= 4 is 17.7 Å². The van der Waals surface area contributed by atoms with Gasteiger partial charge in [-0.1, -0.05) is 23.7 Å². The van der Waals surface area contributed by atoms with Gasteiger partial charge in [-0.05, 0) is 24.1 Å². The number of hydrogen-bond donors (Lipinski definition) is 0. The van der Waals surface area contributed by atoms with E-state index >= 15 is 0 Å². The van der Waals surface area contributed by atoms with Gasteiger partial charge in [0.05, 0.1) is 12.6 Å². The highest BCUT2D eigenvalue weighted by Crippen LogP contribution is 2.32. The standard InChI is InChI=1S/C12H12ClNO2/c13-11-3-1-9(2-4-11)12(14-8-15)10-5-6-16-7-10/h1-4,10,12H,5-7H2. The van der Waals surface area contributed by atoms with E-state index in [4.69, 9.17) is 16.3 Å². The molecule has 1 aromatic rings. The highest BCUT2D eigenvalue weighted by molar-refractivity contribution is 6.30. The van der Waals surface area contributed by atoms with Crippen LogP contribution in [0.1, 0.15) is 18.0 Å². The first-order chi connectivity index (χ1) is 7.81. The second-order valence-corrected chi connectivity index (χ2v) is 4.28. The first-order valence-corrected chi connectivity index (χ1v) is 5.59. The molecular weight excluding hydrogens is 226 g/mol. The number of isocyanates is 1. The number of rotatable bonds is 3. The molecule has 0 aromatic heterocycles. The van der Waals surface area contributed by atoms with Gasteiger partial charge in [-0.2, -0.15) is 4.99 Å². The molecule has 16 heavy (non-hydrogen) atoms. The largest absolute Gasteiger partial charge is 0.381 e. The minimum atomic E-state index is -0.155. The third-order valence-electron chi connectivity index (χ3n) is 2.81. The van der Waals surface area contributed by atoms with Crippen molar-refractivity contribution in [3.63, 3.8) is 0 Å². The van der Waals surface area contributed by atoms with Crippen LogP contribution < -0.4 is 0 Å². The lowest BCUT2D eigenvalue weighted by Gasteiger charge is -2.16.